The first-order valence-corrected chi connectivity index (χ1v) is 8.80. The lowest BCUT2D eigenvalue weighted by Gasteiger charge is -2.21. The van der Waals surface area contributed by atoms with E-state index in [0.29, 0.717) is 23.7 Å². The summed E-state index contributed by atoms with van der Waals surface area (Å²) >= 11 is 0. The van der Waals surface area contributed by atoms with Gasteiger partial charge in [0.15, 0.2) is 5.65 Å². The molecule has 3 aromatic rings. The Bertz CT molecular complexity index is 927. The fraction of sp³-hybridized carbons (Fsp3) is 0.350. The van der Waals surface area contributed by atoms with E-state index in [-0.39, 0.29) is 5.91 Å². The van der Waals surface area contributed by atoms with E-state index in [0.717, 1.165) is 24.8 Å². The molecule has 1 amide bonds. The molecule has 5 heteroatoms. The molecule has 2 heterocycles. The fourth-order valence-corrected chi connectivity index (χ4v) is 3.45. The maximum absolute atomic E-state index is 12.6. The van der Waals surface area contributed by atoms with Crippen LogP contribution in [0.3, 0.4) is 0 Å². The summed E-state index contributed by atoms with van der Waals surface area (Å²) in [5, 5.41) is 7.41. The molecule has 1 aromatic carbocycles. The van der Waals surface area contributed by atoms with Crippen LogP contribution in [-0.2, 0) is 19.4 Å². The third-order valence-corrected chi connectivity index (χ3v) is 4.97. The van der Waals surface area contributed by atoms with E-state index in [1.165, 1.54) is 16.8 Å². The second kappa shape index (κ2) is 6.31. The quantitative estimate of drug-likeness (QED) is 0.801. The van der Waals surface area contributed by atoms with Crippen LogP contribution in [0.2, 0.25) is 0 Å². The van der Waals surface area contributed by atoms with Gasteiger partial charge in [-0.15, -0.1) is 0 Å². The minimum Gasteiger partial charge on any atom is -0.348 e. The van der Waals surface area contributed by atoms with Crippen LogP contribution in [0, 0.1) is 12.8 Å². The van der Waals surface area contributed by atoms with Crippen LogP contribution in [0.1, 0.15) is 46.1 Å². The van der Waals surface area contributed by atoms with Crippen LogP contribution in [0.15, 0.2) is 36.7 Å². The predicted octanol–water partition coefficient (Wildman–Crippen LogP) is 3.09. The van der Waals surface area contributed by atoms with E-state index in [1.54, 1.807) is 6.20 Å². The first-order chi connectivity index (χ1) is 12.1. The fourth-order valence-electron chi connectivity index (χ4n) is 3.45. The van der Waals surface area contributed by atoms with Gasteiger partial charge in [0.05, 0.1) is 6.20 Å². The number of aromatic nitrogens is 3. The van der Waals surface area contributed by atoms with E-state index < -0.39 is 0 Å². The molecule has 1 aliphatic rings. The second-order valence-electron chi connectivity index (χ2n) is 7.04. The van der Waals surface area contributed by atoms with E-state index >= 15 is 0 Å². The first kappa shape index (κ1) is 15.8. The zero-order chi connectivity index (χ0) is 17.4. The number of aryl methyl sites for hydroxylation is 2. The Balaban J connectivity index is 1.57. The van der Waals surface area contributed by atoms with E-state index in [2.05, 4.69) is 29.2 Å². The average molecular weight is 334 g/mol. The summed E-state index contributed by atoms with van der Waals surface area (Å²) in [6, 6.07) is 8.15. The zero-order valence-electron chi connectivity index (χ0n) is 14.6. The molecular weight excluding hydrogens is 312 g/mol. The molecule has 128 valence electrons. The van der Waals surface area contributed by atoms with Crippen molar-refractivity contribution in [2.24, 2.45) is 5.92 Å². The standard InChI is InChI=1S/C20H22N4O/c1-13-3-6-15(7-4-13)10-22-20(25)17-12-23-24-18-8-5-14(2)9-16(18)11-21-19(17)24/h3-4,6-7,11-12,14H,5,8-10H2,1-2H3,(H,22,25). The van der Waals surface area contributed by atoms with Gasteiger partial charge >= 0.3 is 0 Å². The van der Waals surface area contributed by atoms with Crippen molar-refractivity contribution in [1.82, 2.24) is 19.9 Å². The lowest BCUT2D eigenvalue weighted by molar-refractivity contribution is 0.0952. The molecule has 4 rings (SSSR count). The summed E-state index contributed by atoms with van der Waals surface area (Å²) < 4.78 is 1.85. The molecule has 1 atom stereocenters. The highest BCUT2D eigenvalue weighted by molar-refractivity contribution is 5.99. The first-order valence-electron chi connectivity index (χ1n) is 8.80. The molecule has 1 aliphatic carbocycles. The molecule has 0 aliphatic heterocycles. The van der Waals surface area contributed by atoms with Crippen LogP contribution in [0.4, 0.5) is 0 Å². The maximum Gasteiger partial charge on any atom is 0.257 e. The van der Waals surface area contributed by atoms with Crippen molar-refractivity contribution < 1.29 is 4.79 Å². The summed E-state index contributed by atoms with van der Waals surface area (Å²) in [6.45, 7) is 4.81. The largest absolute Gasteiger partial charge is 0.348 e. The summed E-state index contributed by atoms with van der Waals surface area (Å²) in [4.78, 5) is 17.1. The second-order valence-corrected chi connectivity index (χ2v) is 7.04. The Hall–Kier alpha value is -2.69. The molecule has 0 fully saturated rings. The number of nitrogens with zero attached hydrogens (tertiary/aromatic N) is 3. The van der Waals surface area contributed by atoms with Crippen molar-refractivity contribution in [3.8, 4) is 0 Å². The number of carbonyl (C=O) groups is 1. The lowest BCUT2D eigenvalue weighted by atomic mass is 9.89. The number of nitrogens with one attached hydrogen (secondary N) is 1. The molecule has 0 spiro atoms. The van der Waals surface area contributed by atoms with Crippen molar-refractivity contribution in [3.63, 3.8) is 0 Å². The molecule has 0 saturated carbocycles. The van der Waals surface area contributed by atoms with Gasteiger partial charge in [-0.3, -0.25) is 4.79 Å². The van der Waals surface area contributed by atoms with Crippen LogP contribution < -0.4 is 5.32 Å². The number of hydrogen-bond donors (Lipinski definition) is 1. The monoisotopic (exact) mass is 334 g/mol. The maximum atomic E-state index is 12.6. The summed E-state index contributed by atoms with van der Waals surface area (Å²) in [7, 11) is 0. The van der Waals surface area contributed by atoms with Gasteiger partial charge in [-0.2, -0.15) is 5.10 Å². The van der Waals surface area contributed by atoms with E-state index in [9.17, 15) is 4.79 Å². The van der Waals surface area contributed by atoms with Gasteiger partial charge < -0.3 is 5.32 Å². The minimum atomic E-state index is -0.132. The molecule has 2 aromatic heterocycles. The van der Waals surface area contributed by atoms with Crippen molar-refractivity contribution >= 4 is 11.6 Å². The average Bonchev–Trinajstić information content (AvgIpc) is 3.05. The third-order valence-electron chi connectivity index (χ3n) is 4.97. The van der Waals surface area contributed by atoms with Crippen molar-refractivity contribution in [3.05, 3.63) is 64.6 Å². The summed E-state index contributed by atoms with van der Waals surface area (Å²) in [6.07, 6.45) is 6.72. The van der Waals surface area contributed by atoms with Crippen LogP contribution in [-0.4, -0.2) is 20.5 Å². The Morgan fingerprint density at radius 1 is 1.28 bits per heavy atom. The minimum absolute atomic E-state index is 0.132. The SMILES string of the molecule is Cc1ccc(CNC(=O)c2cnn3c4c(cnc23)CC(C)CC4)cc1. The van der Waals surface area contributed by atoms with Gasteiger partial charge in [0.1, 0.15) is 5.56 Å². The van der Waals surface area contributed by atoms with Crippen LogP contribution >= 0.6 is 0 Å². The molecule has 0 bridgehead atoms. The summed E-state index contributed by atoms with van der Waals surface area (Å²) in [5.74, 6) is 0.548. The molecule has 0 saturated heterocycles. The topological polar surface area (TPSA) is 59.3 Å². The predicted molar refractivity (Wildman–Crippen MR) is 96.5 cm³/mol. The van der Waals surface area contributed by atoms with Gasteiger partial charge in [0, 0.05) is 18.4 Å². The van der Waals surface area contributed by atoms with Crippen molar-refractivity contribution in [2.45, 2.75) is 39.7 Å². The lowest BCUT2D eigenvalue weighted by Crippen LogP contribution is -2.23. The Morgan fingerprint density at radius 2 is 2.08 bits per heavy atom. The number of amides is 1. The van der Waals surface area contributed by atoms with Gasteiger partial charge in [-0.05, 0) is 43.2 Å². The third kappa shape index (κ3) is 3.02. The zero-order valence-corrected chi connectivity index (χ0v) is 14.6. The molecular formula is C20H22N4O. The Labute approximate surface area is 147 Å². The van der Waals surface area contributed by atoms with E-state index in [4.69, 9.17) is 0 Å². The number of hydrogen-bond acceptors (Lipinski definition) is 3. The molecule has 0 radical (unpaired) electrons. The number of benzene rings is 1. The van der Waals surface area contributed by atoms with Gasteiger partial charge in [0.25, 0.3) is 5.91 Å². The highest BCUT2D eigenvalue weighted by Crippen LogP contribution is 2.25. The molecule has 1 unspecified atom stereocenters. The normalized spacial score (nSPS) is 16.6. The smallest absolute Gasteiger partial charge is 0.257 e. The van der Waals surface area contributed by atoms with Gasteiger partial charge in [-0.1, -0.05) is 36.8 Å². The van der Waals surface area contributed by atoms with Crippen molar-refractivity contribution in [2.75, 3.05) is 0 Å². The van der Waals surface area contributed by atoms with Gasteiger partial charge in [-0.25, -0.2) is 9.50 Å². The summed E-state index contributed by atoms with van der Waals surface area (Å²) in [5.41, 5.74) is 5.92. The molecule has 1 N–H and O–H groups in total. The van der Waals surface area contributed by atoms with Gasteiger partial charge in [0.2, 0.25) is 0 Å². The Morgan fingerprint density at radius 3 is 2.88 bits per heavy atom. The highest BCUT2D eigenvalue weighted by Gasteiger charge is 2.21. The molecule has 25 heavy (non-hydrogen) atoms. The number of rotatable bonds is 3. The van der Waals surface area contributed by atoms with E-state index in [1.807, 2.05) is 35.0 Å². The molecule has 5 nitrogen and oxygen atoms in total. The Kier molecular flexibility index (Phi) is 3.99. The number of fused-ring (bicyclic) bond motifs is 3. The highest BCUT2D eigenvalue weighted by atomic mass is 16.1. The van der Waals surface area contributed by atoms with Crippen LogP contribution in [0.5, 0.6) is 0 Å². The van der Waals surface area contributed by atoms with Crippen LogP contribution in [0.25, 0.3) is 5.65 Å². The van der Waals surface area contributed by atoms with Crippen molar-refractivity contribution in [1.29, 1.82) is 0 Å². The number of carbonyl (C=O) groups excluding carboxylic acids is 1.